The minimum absolute atomic E-state index is 0.0345. The zero-order valence-electron chi connectivity index (χ0n) is 23.7. The number of primary amides is 1. The lowest BCUT2D eigenvalue weighted by Gasteiger charge is -2.44. The molecule has 2 aromatic carbocycles. The van der Waals surface area contributed by atoms with Gasteiger partial charge in [0.05, 0.1) is 0 Å². The van der Waals surface area contributed by atoms with Crippen molar-refractivity contribution in [3.63, 3.8) is 0 Å². The van der Waals surface area contributed by atoms with Crippen LogP contribution in [-0.4, -0.2) is 58.9 Å². The van der Waals surface area contributed by atoms with Crippen molar-refractivity contribution >= 4 is 34.7 Å². The van der Waals surface area contributed by atoms with E-state index in [2.05, 4.69) is 56.2 Å². The van der Waals surface area contributed by atoms with E-state index in [4.69, 9.17) is 10.5 Å². The Balaban J connectivity index is 1.33. The maximum atomic E-state index is 12.3. The summed E-state index contributed by atoms with van der Waals surface area (Å²) in [6.45, 7) is 8.63. The Labute approximate surface area is 240 Å². The van der Waals surface area contributed by atoms with Crippen LogP contribution in [0.4, 0.5) is 22.9 Å². The molecule has 3 aromatic rings. The number of hydrogen-bond donors (Lipinski definition) is 3. The standard InChI is InChI=1S/C31H37N7O3/c1-4-25-30(41-24-9-6-8-22(20-24)33-26(39)5-2)36-29(27(35-25)28(32)40)34-21-10-12-23(13-11-21)38-18-15-31(16-19-38)14-7-17-37(31)3/h5-6,8-13,20H,2,4,7,14-19H2,1,3H3,(H2,32,40)(H,33,39)(H,34,36). The highest BCUT2D eigenvalue weighted by Gasteiger charge is 2.41. The monoisotopic (exact) mass is 555 g/mol. The van der Waals surface area contributed by atoms with Crippen molar-refractivity contribution < 1.29 is 14.3 Å². The fourth-order valence-corrected chi connectivity index (χ4v) is 5.75. The second kappa shape index (κ2) is 12.0. The molecule has 10 heteroatoms. The number of piperidine rings is 1. The smallest absolute Gasteiger partial charge is 0.271 e. The number of nitrogens with two attached hydrogens (primary N) is 1. The molecule has 2 aliphatic heterocycles. The van der Waals surface area contributed by atoms with Gasteiger partial charge in [-0.05, 0) is 88.2 Å². The molecular formula is C31H37N7O3. The fraction of sp³-hybridized carbons (Fsp3) is 0.355. The van der Waals surface area contributed by atoms with Gasteiger partial charge in [0.15, 0.2) is 11.5 Å². The second-order valence-electron chi connectivity index (χ2n) is 10.6. The van der Waals surface area contributed by atoms with Crippen molar-refractivity contribution in [2.75, 3.05) is 42.2 Å². The molecule has 0 atom stereocenters. The third-order valence-corrected chi connectivity index (χ3v) is 8.14. The average Bonchev–Trinajstić information content (AvgIpc) is 3.32. The molecule has 0 bridgehead atoms. The fourth-order valence-electron chi connectivity index (χ4n) is 5.75. The molecule has 4 N–H and O–H groups in total. The van der Waals surface area contributed by atoms with Crippen LogP contribution in [0.5, 0.6) is 11.6 Å². The van der Waals surface area contributed by atoms with E-state index in [9.17, 15) is 9.59 Å². The van der Waals surface area contributed by atoms with Crippen molar-refractivity contribution in [3.05, 3.63) is 72.6 Å². The SMILES string of the molecule is C=CC(=O)Nc1cccc(Oc2nc(Nc3ccc(N4CCC5(CCCN5C)CC4)cc3)c(C(N)=O)nc2CC)c1. The Bertz CT molecular complexity index is 1430. The molecule has 2 fully saturated rings. The lowest BCUT2D eigenvalue weighted by molar-refractivity contribution is -0.111. The average molecular weight is 556 g/mol. The van der Waals surface area contributed by atoms with E-state index in [1.165, 1.54) is 44.0 Å². The number of benzene rings is 2. The molecule has 3 heterocycles. The Morgan fingerprint density at radius 3 is 2.46 bits per heavy atom. The summed E-state index contributed by atoms with van der Waals surface area (Å²) >= 11 is 0. The van der Waals surface area contributed by atoms with Gasteiger partial charge >= 0.3 is 0 Å². The van der Waals surface area contributed by atoms with Gasteiger partial charge in [-0.3, -0.25) is 9.59 Å². The molecule has 0 saturated carbocycles. The lowest BCUT2D eigenvalue weighted by Crippen LogP contribution is -2.50. The van der Waals surface area contributed by atoms with Crippen LogP contribution < -0.4 is 26.0 Å². The molecule has 1 aromatic heterocycles. The summed E-state index contributed by atoms with van der Waals surface area (Å²) in [6.07, 6.45) is 6.60. The van der Waals surface area contributed by atoms with E-state index in [1.54, 1.807) is 24.3 Å². The number of nitrogens with one attached hydrogen (secondary N) is 2. The van der Waals surface area contributed by atoms with Gasteiger partial charge in [-0.15, -0.1) is 0 Å². The van der Waals surface area contributed by atoms with Gasteiger partial charge in [0.2, 0.25) is 11.8 Å². The number of carbonyl (C=O) groups is 2. The van der Waals surface area contributed by atoms with Gasteiger partial charge in [0, 0.05) is 41.8 Å². The first-order valence-corrected chi connectivity index (χ1v) is 14.1. The molecule has 2 aliphatic rings. The Hall–Kier alpha value is -4.44. The lowest BCUT2D eigenvalue weighted by atomic mass is 9.85. The molecule has 1 spiro atoms. The van der Waals surface area contributed by atoms with Gasteiger partial charge < -0.3 is 30.9 Å². The van der Waals surface area contributed by atoms with E-state index >= 15 is 0 Å². The van der Waals surface area contributed by atoms with Crippen molar-refractivity contribution in [3.8, 4) is 11.6 Å². The predicted octanol–water partition coefficient (Wildman–Crippen LogP) is 4.86. The summed E-state index contributed by atoms with van der Waals surface area (Å²) in [5, 5.41) is 5.91. The molecule has 2 saturated heterocycles. The summed E-state index contributed by atoms with van der Waals surface area (Å²) in [7, 11) is 2.26. The molecule has 0 unspecified atom stereocenters. The number of anilines is 4. The number of aromatic nitrogens is 2. The van der Waals surface area contributed by atoms with E-state index in [-0.39, 0.29) is 23.3 Å². The number of likely N-dealkylation sites (tertiary alicyclic amines) is 1. The number of ether oxygens (including phenoxy) is 1. The minimum atomic E-state index is -0.689. The third kappa shape index (κ3) is 6.17. The maximum absolute atomic E-state index is 12.3. The highest BCUT2D eigenvalue weighted by atomic mass is 16.5. The molecule has 214 valence electrons. The Morgan fingerprint density at radius 2 is 1.83 bits per heavy atom. The molecular weight excluding hydrogens is 518 g/mol. The number of nitrogens with zero attached hydrogens (tertiary/aromatic N) is 4. The van der Waals surface area contributed by atoms with Crippen LogP contribution in [0.15, 0.2) is 61.2 Å². The van der Waals surface area contributed by atoms with Crippen LogP contribution >= 0.6 is 0 Å². The highest BCUT2D eigenvalue weighted by molar-refractivity contribution is 5.99. The Morgan fingerprint density at radius 1 is 1.07 bits per heavy atom. The van der Waals surface area contributed by atoms with E-state index in [1.807, 2.05) is 19.1 Å². The van der Waals surface area contributed by atoms with Crippen LogP contribution in [0, 0.1) is 0 Å². The Kier molecular flexibility index (Phi) is 8.21. The predicted molar refractivity (Wildman–Crippen MR) is 161 cm³/mol. The summed E-state index contributed by atoms with van der Waals surface area (Å²) < 4.78 is 6.06. The summed E-state index contributed by atoms with van der Waals surface area (Å²) in [6, 6.07) is 15.0. The van der Waals surface area contributed by atoms with Gasteiger partial charge in [0.25, 0.3) is 5.91 Å². The quantitative estimate of drug-likeness (QED) is 0.320. The summed E-state index contributed by atoms with van der Waals surface area (Å²) in [5.74, 6) is -0.123. The summed E-state index contributed by atoms with van der Waals surface area (Å²) in [4.78, 5) is 38.1. The molecule has 41 heavy (non-hydrogen) atoms. The topological polar surface area (TPSA) is 126 Å². The zero-order chi connectivity index (χ0) is 29.0. The van der Waals surface area contributed by atoms with Crippen LogP contribution in [0.25, 0.3) is 0 Å². The van der Waals surface area contributed by atoms with Crippen molar-refractivity contribution in [1.29, 1.82) is 0 Å². The first-order valence-electron chi connectivity index (χ1n) is 14.1. The largest absolute Gasteiger partial charge is 0.437 e. The van der Waals surface area contributed by atoms with Crippen molar-refractivity contribution in [2.45, 2.75) is 44.6 Å². The van der Waals surface area contributed by atoms with Gasteiger partial charge in [-0.2, -0.15) is 4.98 Å². The number of carbonyl (C=O) groups excluding carboxylic acids is 2. The number of rotatable bonds is 9. The maximum Gasteiger partial charge on any atom is 0.271 e. The normalized spacial score (nSPS) is 16.4. The number of hydrogen-bond acceptors (Lipinski definition) is 8. The van der Waals surface area contributed by atoms with Gasteiger partial charge in [0.1, 0.15) is 11.4 Å². The highest BCUT2D eigenvalue weighted by Crippen LogP contribution is 2.38. The van der Waals surface area contributed by atoms with Crippen molar-refractivity contribution in [2.24, 2.45) is 5.73 Å². The van der Waals surface area contributed by atoms with Crippen LogP contribution in [-0.2, 0) is 11.2 Å². The van der Waals surface area contributed by atoms with Gasteiger partial charge in [-0.25, -0.2) is 4.98 Å². The third-order valence-electron chi connectivity index (χ3n) is 8.14. The van der Waals surface area contributed by atoms with Gasteiger partial charge in [-0.1, -0.05) is 19.6 Å². The van der Waals surface area contributed by atoms with Crippen LogP contribution in [0.2, 0.25) is 0 Å². The molecule has 0 aliphatic carbocycles. The number of amides is 2. The van der Waals surface area contributed by atoms with E-state index in [0.717, 1.165) is 18.8 Å². The molecule has 0 radical (unpaired) electrons. The molecule has 5 rings (SSSR count). The first kappa shape index (κ1) is 28.1. The van der Waals surface area contributed by atoms with E-state index in [0.29, 0.717) is 29.1 Å². The molecule has 10 nitrogen and oxygen atoms in total. The van der Waals surface area contributed by atoms with Crippen molar-refractivity contribution in [1.82, 2.24) is 14.9 Å². The zero-order valence-corrected chi connectivity index (χ0v) is 23.7. The van der Waals surface area contributed by atoms with Crippen LogP contribution in [0.3, 0.4) is 0 Å². The summed E-state index contributed by atoms with van der Waals surface area (Å²) in [5.41, 5.74) is 9.02. The number of aryl methyl sites for hydroxylation is 1. The second-order valence-corrected chi connectivity index (χ2v) is 10.6. The molecule has 2 amide bonds. The first-order chi connectivity index (χ1) is 19.8. The van der Waals surface area contributed by atoms with E-state index < -0.39 is 5.91 Å². The minimum Gasteiger partial charge on any atom is -0.437 e. The van der Waals surface area contributed by atoms with Crippen LogP contribution in [0.1, 0.15) is 48.8 Å².